The van der Waals surface area contributed by atoms with Crippen LogP contribution in [0.5, 0.6) is 17.2 Å². The molecule has 5 aliphatic rings. The summed E-state index contributed by atoms with van der Waals surface area (Å²) in [4.78, 5) is 16.0. The van der Waals surface area contributed by atoms with Crippen molar-refractivity contribution in [2.45, 2.75) is 69.6 Å². The van der Waals surface area contributed by atoms with Gasteiger partial charge in [-0.2, -0.15) is 0 Å². The van der Waals surface area contributed by atoms with Gasteiger partial charge in [0.2, 0.25) is 5.75 Å². The lowest BCUT2D eigenvalue weighted by molar-refractivity contribution is -0.946. The summed E-state index contributed by atoms with van der Waals surface area (Å²) >= 11 is 13.0. The molecule has 1 unspecified atom stereocenters. The molecule has 4 saturated heterocycles. The summed E-state index contributed by atoms with van der Waals surface area (Å²) in [5.74, 6) is 2.38. The number of piperidine rings is 3. The first-order valence-electron chi connectivity index (χ1n) is 17.1. The summed E-state index contributed by atoms with van der Waals surface area (Å²) in [6, 6.07) is 9.58. The lowest BCUT2D eigenvalue weighted by Gasteiger charge is -2.58. The van der Waals surface area contributed by atoms with E-state index >= 15 is 0 Å². The molecule has 1 atom stereocenters. The van der Waals surface area contributed by atoms with Crippen LogP contribution in [0.4, 0.5) is 0 Å². The van der Waals surface area contributed by atoms with Crippen molar-refractivity contribution in [2.75, 3.05) is 66.9 Å². The lowest BCUT2D eigenvalue weighted by atomic mass is 9.59. The summed E-state index contributed by atoms with van der Waals surface area (Å²) in [7, 11) is 0.800. The number of methoxy groups -OCH3 is 3. The quantitative estimate of drug-likeness (QED) is 0.204. The molecule has 7 rings (SSSR count). The Morgan fingerprint density at radius 3 is 2.02 bits per heavy atom. The molecule has 0 radical (unpaired) electrons. The third-order valence-corrected chi connectivity index (χ3v) is 12.6. The minimum absolute atomic E-state index is 0.0264. The maximum atomic E-state index is 14.0. The average Bonchev–Trinajstić information content (AvgIpc) is 3.54. The molecule has 2 aromatic rings. The van der Waals surface area contributed by atoms with Gasteiger partial charge in [-0.05, 0) is 60.4 Å². The molecule has 0 aromatic heterocycles. The zero-order valence-corrected chi connectivity index (χ0v) is 31.0. The zero-order chi connectivity index (χ0) is 34.7. The van der Waals surface area contributed by atoms with Gasteiger partial charge in [-0.25, -0.2) is 8.42 Å². The highest BCUT2D eigenvalue weighted by molar-refractivity contribution is 7.84. The molecule has 266 valence electrons. The van der Waals surface area contributed by atoms with Crippen molar-refractivity contribution in [3.05, 3.63) is 51.5 Å². The normalized spacial score (nSPS) is 27.3. The predicted octanol–water partition coefficient (Wildman–Crippen LogP) is 6.94. The number of amides is 1. The smallest absolute Gasteiger partial charge is 0.254 e. The van der Waals surface area contributed by atoms with Crippen molar-refractivity contribution in [1.82, 2.24) is 4.90 Å². The van der Waals surface area contributed by atoms with Gasteiger partial charge in [-0.15, -0.1) is 0 Å². The van der Waals surface area contributed by atoms with Gasteiger partial charge < -0.3 is 28.1 Å². The van der Waals surface area contributed by atoms with Gasteiger partial charge >= 0.3 is 0 Å². The Hall–Kier alpha value is -2.24. The number of hydrogen-bond acceptors (Lipinski definition) is 7. The van der Waals surface area contributed by atoms with E-state index in [1.807, 2.05) is 17.0 Å². The van der Waals surface area contributed by atoms with Crippen LogP contribution in [0.1, 0.15) is 80.1 Å². The Bertz CT molecular complexity index is 1520. The fourth-order valence-corrected chi connectivity index (χ4v) is 9.34. The molecule has 2 aromatic carbocycles. The van der Waals surface area contributed by atoms with Gasteiger partial charge in [0.05, 0.1) is 67.7 Å². The van der Waals surface area contributed by atoms with E-state index in [4.69, 9.17) is 50.4 Å². The maximum absolute atomic E-state index is 14.0. The van der Waals surface area contributed by atoms with Gasteiger partial charge in [0.15, 0.2) is 11.5 Å². The van der Waals surface area contributed by atoms with Crippen LogP contribution in [-0.2, 0) is 15.5 Å². The number of halogens is 2. The average molecular weight is 726 g/mol. The second-order valence-corrected chi connectivity index (χ2v) is 16.7. The number of fused-ring (bicyclic) bond motifs is 3. The van der Waals surface area contributed by atoms with Crippen molar-refractivity contribution >= 4 is 39.2 Å². The standard InChI is InChI=1S/C35H47Cl2N2O4.CH4O3S/c1-41-30-21-25(22-31(42-2)32(30)43-3)33(40)38-16-11-35(24-38,27-9-10-28(36)29(37)23-27)15-20-39-17-12-34(13-18-39,14-19-39)26-7-5-4-6-8-26;1-5(2,3)4/h9-10,21-23,26H,4-8,11-20,24H2,1-3H3;1H3,(H,2,3,4)/q+1;/p-1. The SMILES string of the molecule is COc1cc(C(=O)N2CCC(CC[N+]34CCC(C5CCCCC5)(CC3)CC4)(c3ccc(Cl)c(Cl)c3)C2)cc(OC)c1OC.CS(=O)(=O)[O-]. The highest BCUT2D eigenvalue weighted by Gasteiger charge is 2.53. The van der Waals surface area contributed by atoms with Gasteiger partial charge in [-0.3, -0.25) is 4.79 Å². The number of nitrogens with zero attached hydrogens (tertiary/aromatic N) is 2. The fraction of sp³-hybridized carbons (Fsp3) is 0.639. The molecule has 48 heavy (non-hydrogen) atoms. The molecule has 4 aliphatic heterocycles. The Labute approximate surface area is 296 Å². The number of ether oxygens (including phenoxy) is 3. The number of carbonyl (C=O) groups is 1. The molecule has 1 amide bonds. The van der Waals surface area contributed by atoms with Crippen LogP contribution in [0.25, 0.3) is 0 Å². The number of carbonyl (C=O) groups excluding carboxylic acids is 1. The molecule has 1 aliphatic carbocycles. The summed E-state index contributed by atoms with van der Waals surface area (Å²) in [6.07, 6.45) is 13.9. The first-order chi connectivity index (χ1) is 22.8. The second kappa shape index (κ2) is 14.9. The van der Waals surface area contributed by atoms with Gasteiger partial charge in [0, 0.05) is 56.0 Å². The number of likely N-dealkylation sites (tertiary alicyclic amines) is 1. The van der Waals surface area contributed by atoms with Crippen molar-refractivity contribution < 1.29 is 36.5 Å². The fourth-order valence-electron chi connectivity index (χ4n) is 9.05. The number of rotatable bonds is 9. The Kier molecular flexibility index (Phi) is 11.5. The number of benzene rings is 2. The molecule has 0 spiro atoms. The molecular formula is C36H50Cl2N2O7S. The molecule has 5 fully saturated rings. The molecule has 9 nitrogen and oxygen atoms in total. The Morgan fingerprint density at radius 1 is 0.917 bits per heavy atom. The predicted molar refractivity (Wildman–Crippen MR) is 188 cm³/mol. The first kappa shape index (κ1) is 37.0. The van der Waals surface area contributed by atoms with Crippen LogP contribution < -0.4 is 14.2 Å². The third-order valence-electron chi connectivity index (χ3n) is 11.9. The van der Waals surface area contributed by atoms with Gasteiger partial charge in [0.1, 0.15) is 0 Å². The lowest BCUT2D eigenvalue weighted by Crippen LogP contribution is -2.64. The molecule has 0 N–H and O–H groups in total. The molecule has 12 heteroatoms. The number of hydrogen-bond donors (Lipinski definition) is 0. The van der Waals surface area contributed by atoms with Crippen molar-refractivity contribution in [2.24, 2.45) is 11.3 Å². The number of quaternary nitrogens is 1. The second-order valence-electron chi connectivity index (χ2n) is 14.4. The summed E-state index contributed by atoms with van der Waals surface area (Å²) in [5.41, 5.74) is 2.16. The summed E-state index contributed by atoms with van der Waals surface area (Å²) in [6.45, 7) is 6.40. The van der Waals surface area contributed by atoms with Crippen LogP contribution in [0, 0.1) is 11.3 Å². The van der Waals surface area contributed by atoms with E-state index < -0.39 is 10.1 Å². The van der Waals surface area contributed by atoms with Crippen LogP contribution in [0.15, 0.2) is 30.3 Å². The van der Waals surface area contributed by atoms with E-state index in [-0.39, 0.29) is 11.3 Å². The summed E-state index contributed by atoms with van der Waals surface area (Å²) in [5, 5.41) is 1.14. The molecule has 1 saturated carbocycles. The van der Waals surface area contributed by atoms with Gasteiger partial charge in [-0.1, -0.05) is 48.5 Å². The van der Waals surface area contributed by atoms with Crippen molar-refractivity contribution in [3.8, 4) is 17.2 Å². The van der Waals surface area contributed by atoms with Gasteiger partial charge in [0.25, 0.3) is 5.91 Å². The zero-order valence-electron chi connectivity index (χ0n) is 28.7. The van der Waals surface area contributed by atoms with Crippen molar-refractivity contribution in [1.29, 1.82) is 0 Å². The van der Waals surface area contributed by atoms with Crippen LogP contribution >= 0.6 is 23.2 Å². The maximum Gasteiger partial charge on any atom is 0.254 e. The van der Waals surface area contributed by atoms with Crippen molar-refractivity contribution in [3.63, 3.8) is 0 Å². The topological polar surface area (TPSA) is 105 Å². The molecular weight excluding hydrogens is 675 g/mol. The summed E-state index contributed by atoms with van der Waals surface area (Å²) < 4.78 is 45.0. The van der Waals surface area contributed by atoms with E-state index in [0.29, 0.717) is 57.6 Å². The highest BCUT2D eigenvalue weighted by Crippen LogP contribution is 2.54. The minimum Gasteiger partial charge on any atom is -0.748 e. The van der Waals surface area contributed by atoms with E-state index in [1.54, 1.807) is 33.5 Å². The first-order valence-corrected chi connectivity index (χ1v) is 19.6. The van der Waals surface area contributed by atoms with E-state index in [9.17, 15) is 4.79 Å². The van der Waals surface area contributed by atoms with E-state index in [2.05, 4.69) is 6.07 Å². The van der Waals surface area contributed by atoms with E-state index in [0.717, 1.165) is 25.3 Å². The molecule has 2 bridgehead atoms. The van der Waals surface area contributed by atoms with Crippen LogP contribution in [-0.4, -0.2) is 95.1 Å². The largest absolute Gasteiger partial charge is 0.748 e. The van der Waals surface area contributed by atoms with Crippen LogP contribution in [0.2, 0.25) is 10.0 Å². The van der Waals surface area contributed by atoms with Crippen LogP contribution in [0.3, 0.4) is 0 Å². The minimum atomic E-state index is -3.92. The third kappa shape index (κ3) is 8.04. The Morgan fingerprint density at radius 2 is 1.50 bits per heavy atom. The Balaban J connectivity index is 0.000000840. The van der Waals surface area contributed by atoms with E-state index in [1.165, 1.54) is 81.0 Å². The highest BCUT2D eigenvalue weighted by atomic mass is 35.5. The molecule has 4 heterocycles. The monoisotopic (exact) mass is 724 g/mol.